The molecule has 0 amide bonds. The molecule has 0 aliphatic rings. The molecular formula is C15H25ClN2O. The summed E-state index contributed by atoms with van der Waals surface area (Å²) in [7, 11) is 0. The molecule has 0 radical (unpaired) electrons. The maximum absolute atomic E-state index is 9.02. The molecular weight excluding hydrogens is 260 g/mol. The number of hydrogen-bond donors (Lipinski definition) is 2. The number of nitrogens with two attached hydrogens (primary N) is 1. The van der Waals surface area contributed by atoms with Crippen LogP contribution >= 0.6 is 11.6 Å². The van der Waals surface area contributed by atoms with Gasteiger partial charge in [0, 0.05) is 30.3 Å². The molecule has 2 unspecified atom stereocenters. The number of nitrogens with zero attached hydrogens (tertiary/aromatic N) is 1. The van der Waals surface area contributed by atoms with Crippen molar-refractivity contribution in [2.24, 2.45) is 5.73 Å². The summed E-state index contributed by atoms with van der Waals surface area (Å²) in [5.41, 5.74) is 7.45. The molecule has 0 saturated heterocycles. The Morgan fingerprint density at radius 2 is 2.11 bits per heavy atom. The van der Waals surface area contributed by atoms with E-state index in [4.69, 9.17) is 22.4 Å². The zero-order valence-corrected chi connectivity index (χ0v) is 12.6. The van der Waals surface area contributed by atoms with Gasteiger partial charge < -0.3 is 10.8 Å². The third-order valence-electron chi connectivity index (χ3n) is 3.47. The van der Waals surface area contributed by atoms with Crippen molar-refractivity contribution in [2.75, 3.05) is 19.7 Å². The van der Waals surface area contributed by atoms with Crippen molar-refractivity contribution in [3.05, 3.63) is 34.9 Å². The van der Waals surface area contributed by atoms with Gasteiger partial charge in [-0.3, -0.25) is 4.90 Å². The summed E-state index contributed by atoms with van der Waals surface area (Å²) >= 11 is 6.09. The Morgan fingerprint density at radius 3 is 2.63 bits per heavy atom. The number of rotatable bonds is 8. The lowest BCUT2D eigenvalue weighted by Crippen LogP contribution is -2.41. The quantitative estimate of drug-likeness (QED) is 0.772. The van der Waals surface area contributed by atoms with Crippen LogP contribution in [0, 0.1) is 0 Å². The Kier molecular flexibility index (Phi) is 7.39. The second-order valence-corrected chi connectivity index (χ2v) is 5.21. The van der Waals surface area contributed by atoms with Crippen molar-refractivity contribution < 1.29 is 5.11 Å². The molecule has 0 spiro atoms. The van der Waals surface area contributed by atoms with Gasteiger partial charge in [-0.15, -0.1) is 0 Å². The third-order valence-corrected chi connectivity index (χ3v) is 3.71. The highest BCUT2D eigenvalue weighted by Gasteiger charge is 2.24. The van der Waals surface area contributed by atoms with Crippen LogP contribution in [0.25, 0.3) is 0 Å². The maximum Gasteiger partial charge on any atom is 0.0499 e. The molecule has 0 saturated carbocycles. The van der Waals surface area contributed by atoms with Gasteiger partial charge in [-0.05, 0) is 37.1 Å². The van der Waals surface area contributed by atoms with Gasteiger partial charge in [0.1, 0.15) is 0 Å². The fourth-order valence-corrected chi connectivity index (χ4v) is 2.61. The molecule has 19 heavy (non-hydrogen) atoms. The predicted molar refractivity (Wildman–Crippen MR) is 81.4 cm³/mol. The summed E-state index contributed by atoms with van der Waals surface area (Å²) in [6.07, 6.45) is 1.67. The molecule has 1 rings (SSSR count). The van der Waals surface area contributed by atoms with Gasteiger partial charge in [0.2, 0.25) is 0 Å². The van der Waals surface area contributed by atoms with Crippen LogP contribution in [-0.4, -0.2) is 35.7 Å². The van der Waals surface area contributed by atoms with Crippen LogP contribution in [0.3, 0.4) is 0 Å². The SMILES string of the molecule is CCC(N)C(c1cccc(Cl)c1)N(CC)CCCO. The summed E-state index contributed by atoms with van der Waals surface area (Å²) in [5.74, 6) is 0. The molecule has 1 aromatic rings. The Labute approximate surface area is 121 Å². The summed E-state index contributed by atoms with van der Waals surface area (Å²) in [6.45, 7) is 6.18. The number of likely N-dealkylation sites (N-methyl/N-ethyl adjacent to an activating group) is 1. The van der Waals surface area contributed by atoms with E-state index in [-0.39, 0.29) is 18.7 Å². The molecule has 0 aromatic heterocycles. The lowest BCUT2D eigenvalue weighted by Gasteiger charge is -2.35. The van der Waals surface area contributed by atoms with Crippen molar-refractivity contribution in [1.82, 2.24) is 4.90 Å². The van der Waals surface area contributed by atoms with E-state index in [1.54, 1.807) is 0 Å². The van der Waals surface area contributed by atoms with E-state index in [0.717, 1.165) is 36.5 Å². The Balaban J connectivity index is 2.98. The smallest absolute Gasteiger partial charge is 0.0499 e. The first-order valence-electron chi connectivity index (χ1n) is 7.00. The van der Waals surface area contributed by atoms with Crippen molar-refractivity contribution in [2.45, 2.75) is 38.8 Å². The fraction of sp³-hybridized carbons (Fsp3) is 0.600. The summed E-state index contributed by atoms with van der Waals surface area (Å²) in [5, 5.41) is 9.76. The van der Waals surface area contributed by atoms with Gasteiger partial charge in [0.15, 0.2) is 0 Å². The van der Waals surface area contributed by atoms with Gasteiger partial charge in [-0.1, -0.05) is 37.6 Å². The van der Waals surface area contributed by atoms with Crippen LogP contribution in [0.4, 0.5) is 0 Å². The van der Waals surface area contributed by atoms with Crippen molar-refractivity contribution in [3.63, 3.8) is 0 Å². The normalized spacial score (nSPS) is 14.6. The minimum Gasteiger partial charge on any atom is -0.396 e. The van der Waals surface area contributed by atoms with E-state index in [9.17, 15) is 0 Å². The fourth-order valence-electron chi connectivity index (χ4n) is 2.41. The molecule has 0 fully saturated rings. The molecule has 2 atom stereocenters. The standard InChI is InChI=1S/C15H25ClN2O/c1-3-14(17)15(18(4-2)9-6-10-19)12-7-5-8-13(16)11-12/h5,7-8,11,14-15,19H,3-4,6,9-10,17H2,1-2H3. The van der Waals surface area contributed by atoms with E-state index in [1.807, 2.05) is 18.2 Å². The number of aliphatic hydroxyl groups excluding tert-OH is 1. The van der Waals surface area contributed by atoms with Gasteiger partial charge in [0.05, 0.1) is 0 Å². The van der Waals surface area contributed by atoms with Crippen molar-refractivity contribution in [3.8, 4) is 0 Å². The molecule has 0 bridgehead atoms. The zero-order valence-electron chi connectivity index (χ0n) is 11.8. The van der Waals surface area contributed by atoms with E-state index >= 15 is 0 Å². The topological polar surface area (TPSA) is 49.5 Å². The molecule has 0 aliphatic carbocycles. The minimum atomic E-state index is 0.0668. The molecule has 0 aliphatic heterocycles. The average Bonchev–Trinajstić information content (AvgIpc) is 2.42. The first-order chi connectivity index (χ1) is 9.13. The predicted octanol–water partition coefficient (Wildman–Crippen LogP) is 2.82. The molecule has 3 nitrogen and oxygen atoms in total. The summed E-state index contributed by atoms with van der Waals surface area (Å²) in [6, 6.07) is 8.13. The van der Waals surface area contributed by atoms with Crippen molar-refractivity contribution >= 4 is 11.6 Å². The maximum atomic E-state index is 9.02. The third kappa shape index (κ3) is 4.77. The summed E-state index contributed by atoms with van der Waals surface area (Å²) in [4.78, 5) is 2.32. The van der Waals surface area contributed by atoms with Gasteiger partial charge >= 0.3 is 0 Å². The lowest BCUT2D eigenvalue weighted by molar-refractivity contribution is 0.159. The number of hydrogen-bond acceptors (Lipinski definition) is 3. The Bertz CT molecular complexity index is 373. The van der Waals surface area contributed by atoms with E-state index in [2.05, 4.69) is 24.8 Å². The first-order valence-corrected chi connectivity index (χ1v) is 7.37. The highest BCUT2D eigenvalue weighted by molar-refractivity contribution is 6.30. The van der Waals surface area contributed by atoms with E-state index in [1.165, 1.54) is 0 Å². The largest absolute Gasteiger partial charge is 0.396 e. The van der Waals surface area contributed by atoms with Crippen LogP contribution < -0.4 is 5.73 Å². The number of benzene rings is 1. The molecule has 1 aromatic carbocycles. The number of halogens is 1. The zero-order chi connectivity index (χ0) is 14.3. The molecule has 3 N–H and O–H groups in total. The van der Waals surface area contributed by atoms with Crippen LogP contribution in [-0.2, 0) is 0 Å². The van der Waals surface area contributed by atoms with Gasteiger partial charge in [-0.25, -0.2) is 0 Å². The van der Waals surface area contributed by atoms with Crippen LogP contribution in [0.15, 0.2) is 24.3 Å². The van der Waals surface area contributed by atoms with Crippen LogP contribution in [0.2, 0.25) is 5.02 Å². The van der Waals surface area contributed by atoms with E-state index in [0.29, 0.717) is 0 Å². The van der Waals surface area contributed by atoms with Crippen LogP contribution in [0.1, 0.15) is 38.3 Å². The Morgan fingerprint density at radius 1 is 1.37 bits per heavy atom. The average molecular weight is 285 g/mol. The van der Waals surface area contributed by atoms with Crippen molar-refractivity contribution in [1.29, 1.82) is 0 Å². The Hall–Kier alpha value is -0.610. The first kappa shape index (κ1) is 16.4. The minimum absolute atomic E-state index is 0.0668. The lowest BCUT2D eigenvalue weighted by atomic mass is 9.96. The monoisotopic (exact) mass is 284 g/mol. The molecule has 4 heteroatoms. The second-order valence-electron chi connectivity index (χ2n) is 4.78. The summed E-state index contributed by atoms with van der Waals surface area (Å²) < 4.78 is 0. The second kappa shape index (κ2) is 8.54. The van der Waals surface area contributed by atoms with Crippen LogP contribution in [0.5, 0.6) is 0 Å². The number of aliphatic hydroxyl groups is 1. The highest BCUT2D eigenvalue weighted by atomic mass is 35.5. The van der Waals surface area contributed by atoms with Gasteiger partial charge in [0.25, 0.3) is 0 Å². The molecule has 0 heterocycles. The molecule has 108 valence electrons. The van der Waals surface area contributed by atoms with Gasteiger partial charge in [-0.2, -0.15) is 0 Å². The van der Waals surface area contributed by atoms with E-state index < -0.39 is 0 Å². The highest BCUT2D eigenvalue weighted by Crippen LogP contribution is 2.27.